The highest BCUT2D eigenvalue weighted by Crippen LogP contribution is 2.44. The van der Waals surface area contributed by atoms with Crippen molar-refractivity contribution >= 4 is 11.6 Å². The Bertz CT molecular complexity index is 767. The van der Waals surface area contributed by atoms with Crippen LogP contribution in [0.4, 0.5) is 10.1 Å². The van der Waals surface area contributed by atoms with Gasteiger partial charge >= 0.3 is 0 Å². The molecule has 1 aromatic carbocycles. The molecule has 3 heterocycles. The summed E-state index contributed by atoms with van der Waals surface area (Å²) in [4.78, 5) is 12.9. The van der Waals surface area contributed by atoms with Gasteiger partial charge in [-0.15, -0.1) is 0 Å². The van der Waals surface area contributed by atoms with Gasteiger partial charge in [-0.2, -0.15) is 0 Å². The molecule has 7 nitrogen and oxygen atoms in total. The van der Waals surface area contributed by atoms with E-state index in [1.54, 1.807) is 46.8 Å². The molecule has 0 spiro atoms. The van der Waals surface area contributed by atoms with Gasteiger partial charge < -0.3 is 29.0 Å². The molecule has 3 aliphatic rings. The van der Waals surface area contributed by atoms with Crippen molar-refractivity contribution in [3.8, 4) is 0 Å². The van der Waals surface area contributed by atoms with E-state index < -0.39 is 54.0 Å². The molecule has 0 unspecified atom stereocenters. The van der Waals surface area contributed by atoms with Gasteiger partial charge in [0, 0.05) is 5.69 Å². The van der Waals surface area contributed by atoms with Crippen LogP contribution < -0.4 is 5.32 Å². The first-order chi connectivity index (χ1) is 12.5. The summed E-state index contributed by atoms with van der Waals surface area (Å²) in [5, 5.41) is 2.68. The molecule has 5 atom stereocenters. The van der Waals surface area contributed by atoms with Gasteiger partial charge in [-0.1, -0.05) is 6.07 Å². The van der Waals surface area contributed by atoms with Gasteiger partial charge in [0.2, 0.25) is 0 Å². The highest BCUT2D eigenvalue weighted by molar-refractivity contribution is 5.94. The predicted octanol–water partition coefficient (Wildman–Crippen LogP) is 2.47. The number of rotatable bonds is 2. The number of anilines is 1. The number of carbonyl (C=O) groups excluding carboxylic acids is 1. The smallest absolute Gasteiger partial charge is 0.256 e. The van der Waals surface area contributed by atoms with Crippen LogP contribution in [-0.4, -0.2) is 48.2 Å². The van der Waals surface area contributed by atoms with Gasteiger partial charge in [0.25, 0.3) is 5.91 Å². The number of benzene rings is 1. The second-order valence-electron chi connectivity index (χ2n) is 8.04. The first-order valence-corrected chi connectivity index (χ1v) is 8.98. The molecular weight excluding hydrogens is 357 g/mol. The van der Waals surface area contributed by atoms with E-state index >= 15 is 0 Å². The van der Waals surface area contributed by atoms with Crippen LogP contribution >= 0.6 is 0 Å². The zero-order chi connectivity index (χ0) is 19.6. The number of carbonyl (C=O) groups is 1. The van der Waals surface area contributed by atoms with Gasteiger partial charge in [-0.3, -0.25) is 4.79 Å². The minimum Gasteiger partial charge on any atom is -0.342 e. The summed E-state index contributed by atoms with van der Waals surface area (Å²) in [5.74, 6) is -2.60. The third kappa shape index (κ3) is 3.48. The minimum atomic E-state index is -0.986. The molecule has 27 heavy (non-hydrogen) atoms. The Morgan fingerprint density at radius 1 is 1.00 bits per heavy atom. The van der Waals surface area contributed by atoms with Crippen LogP contribution in [0, 0.1) is 12.7 Å². The van der Waals surface area contributed by atoms with Crippen molar-refractivity contribution < 1.29 is 32.9 Å². The molecule has 0 aromatic heterocycles. The number of hydrogen-bond donors (Lipinski definition) is 1. The number of ether oxygens (including phenoxy) is 5. The van der Waals surface area contributed by atoms with E-state index in [1.165, 1.54) is 6.07 Å². The first kappa shape index (κ1) is 18.8. The SMILES string of the molecule is Cc1ccc(NC(=O)[C@@H]2O[C@H]3OC(C)(C)O[C@@H]3[C@H]3OC(C)(C)O[C@@H]32)cc1F. The summed E-state index contributed by atoms with van der Waals surface area (Å²) in [6, 6.07) is 4.50. The van der Waals surface area contributed by atoms with E-state index in [0.29, 0.717) is 11.3 Å². The largest absolute Gasteiger partial charge is 0.342 e. The lowest BCUT2D eigenvalue weighted by atomic mass is 9.98. The summed E-state index contributed by atoms with van der Waals surface area (Å²) in [5.41, 5.74) is 0.838. The van der Waals surface area contributed by atoms with Crippen molar-refractivity contribution in [1.29, 1.82) is 0 Å². The van der Waals surface area contributed by atoms with Gasteiger partial charge in [-0.25, -0.2) is 4.39 Å². The number of aryl methyl sites for hydroxylation is 1. The van der Waals surface area contributed by atoms with Crippen LogP contribution in [0.15, 0.2) is 18.2 Å². The quantitative estimate of drug-likeness (QED) is 0.848. The lowest BCUT2D eigenvalue weighted by Gasteiger charge is -2.36. The number of halogens is 1. The molecule has 0 saturated carbocycles. The highest BCUT2D eigenvalue weighted by Gasteiger charge is 2.62. The van der Waals surface area contributed by atoms with Gasteiger partial charge in [0.1, 0.15) is 24.1 Å². The lowest BCUT2D eigenvalue weighted by Crippen LogP contribution is -2.58. The summed E-state index contributed by atoms with van der Waals surface area (Å²) in [7, 11) is 0. The zero-order valence-electron chi connectivity index (χ0n) is 15.9. The molecule has 148 valence electrons. The third-order valence-electron chi connectivity index (χ3n) is 4.85. The number of nitrogens with one attached hydrogen (secondary N) is 1. The van der Waals surface area contributed by atoms with Gasteiger partial charge in [0.15, 0.2) is 24.0 Å². The van der Waals surface area contributed by atoms with Crippen LogP contribution in [0.1, 0.15) is 33.3 Å². The number of hydrogen-bond acceptors (Lipinski definition) is 6. The fourth-order valence-corrected chi connectivity index (χ4v) is 3.71. The molecule has 3 fully saturated rings. The predicted molar refractivity (Wildman–Crippen MR) is 92.3 cm³/mol. The Labute approximate surface area is 157 Å². The van der Waals surface area contributed by atoms with Crippen LogP contribution in [0.2, 0.25) is 0 Å². The molecule has 8 heteroatoms. The Morgan fingerprint density at radius 2 is 1.63 bits per heavy atom. The lowest BCUT2D eigenvalue weighted by molar-refractivity contribution is -0.229. The van der Waals surface area contributed by atoms with E-state index in [-0.39, 0.29) is 0 Å². The Morgan fingerprint density at radius 3 is 2.33 bits per heavy atom. The molecule has 1 amide bonds. The van der Waals surface area contributed by atoms with E-state index in [2.05, 4.69) is 5.32 Å². The zero-order valence-corrected chi connectivity index (χ0v) is 15.9. The third-order valence-corrected chi connectivity index (χ3v) is 4.85. The van der Waals surface area contributed by atoms with Crippen LogP contribution in [0.3, 0.4) is 0 Å². The first-order valence-electron chi connectivity index (χ1n) is 8.98. The second kappa shape index (κ2) is 6.22. The number of fused-ring (bicyclic) bond motifs is 3. The second-order valence-corrected chi connectivity index (χ2v) is 8.04. The molecule has 1 N–H and O–H groups in total. The molecule has 3 saturated heterocycles. The summed E-state index contributed by atoms with van der Waals surface area (Å²) < 4.78 is 43.2. The normalized spacial score (nSPS) is 36.1. The van der Waals surface area contributed by atoms with Crippen LogP contribution in [0.5, 0.6) is 0 Å². The maximum absolute atomic E-state index is 13.8. The van der Waals surface area contributed by atoms with Gasteiger partial charge in [-0.05, 0) is 52.3 Å². The van der Waals surface area contributed by atoms with E-state index in [0.717, 1.165) is 0 Å². The summed E-state index contributed by atoms with van der Waals surface area (Å²) >= 11 is 0. The summed E-state index contributed by atoms with van der Waals surface area (Å²) in [6.45, 7) is 8.74. The average Bonchev–Trinajstić information content (AvgIpc) is 3.04. The average molecular weight is 381 g/mol. The minimum absolute atomic E-state index is 0.340. The Balaban J connectivity index is 1.57. The van der Waals surface area contributed by atoms with Crippen molar-refractivity contribution in [1.82, 2.24) is 0 Å². The molecule has 4 rings (SSSR count). The van der Waals surface area contributed by atoms with Gasteiger partial charge in [0.05, 0.1) is 0 Å². The highest BCUT2D eigenvalue weighted by atomic mass is 19.1. The standard InChI is InChI=1S/C19H24FNO6/c1-9-6-7-10(8-11(9)20)21-16(22)14-12-13(25-18(2,3)24-12)15-17(23-14)27-19(4,5)26-15/h6-8,12-15,17H,1-5H3,(H,21,22)/t12-,13-,14+,15+,17-/m0/s1. The maximum Gasteiger partial charge on any atom is 0.256 e. The van der Waals surface area contributed by atoms with Crippen molar-refractivity contribution in [3.63, 3.8) is 0 Å². The monoisotopic (exact) mass is 381 g/mol. The van der Waals surface area contributed by atoms with E-state index in [9.17, 15) is 9.18 Å². The molecule has 3 aliphatic heterocycles. The topological polar surface area (TPSA) is 75.3 Å². The molecule has 0 aliphatic carbocycles. The Kier molecular flexibility index (Phi) is 4.32. The summed E-state index contributed by atoms with van der Waals surface area (Å²) in [6.07, 6.45) is -3.45. The molecule has 1 aromatic rings. The van der Waals surface area contributed by atoms with Crippen molar-refractivity contribution in [2.45, 2.75) is 76.9 Å². The Hall–Kier alpha value is -1.58. The van der Waals surface area contributed by atoms with Crippen molar-refractivity contribution in [2.24, 2.45) is 0 Å². The van der Waals surface area contributed by atoms with E-state index in [4.69, 9.17) is 23.7 Å². The fraction of sp³-hybridized carbons (Fsp3) is 0.632. The molecular formula is C19H24FNO6. The maximum atomic E-state index is 13.8. The number of amides is 1. The molecule has 0 radical (unpaired) electrons. The van der Waals surface area contributed by atoms with Crippen LogP contribution in [-0.2, 0) is 28.5 Å². The van der Waals surface area contributed by atoms with Crippen LogP contribution in [0.25, 0.3) is 0 Å². The fourth-order valence-electron chi connectivity index (χ4n) is 3.71. The van der Waals surface area contributed by atoms with Crippen molar-refractivity contribution in [2.75, 3.05) is 5.32 Å². The van der Waals surface area contributed by atoms with Crippen molar-refractivity contribution in [3.05, 3.63) is 29.6 Å². The van der Waals surface area contributed by atoms with E-state index in [1.807, 2.05) is 0 Å². The molecule has 0 bridgehead atoms.